The summed E-state index contributed by atoms with van der Waals surface area (Å²) < 4.78 is 38.6. The van der Waals surface area contributed by atoms with Crippen LogP contribution >= 0.6 is 0 Å². The van der Waals surface area contributed by atoms with Gasteiger partial charge in [-0.25, -0.2) is 20.1 Å². The highest BCUT2D eigenvalue weighted by Gasteiger charge is 2.32. The van der Waals surface area contributed by atoms with Crippen molar-refractivity contribution in [1.29, 1.82) is 15.8 Å². The molecule has 2 aromatic carbocycles. The maximum absolute atomic E-state index is 12.9. The van der Waals surface area contributed by atoms with Gasteiger partial charge in [0.2, 0.25) is 0 Å². The highest BCUT2D eigenvalue weighted by molar-refractivity contribution is 6.02. The van der Waals surface area contributed by atoms with Gasteiger partial charge in [0.1, 0.15) is 12.1 Å². The number of fused-ring (bicyclic) bond motifs is 3. The molecular weight excluding hydrogens is 417 g/mol. The largest absolute Gasteiger partial charge is 0.416 e. The molecule has 1 aromatic heterocycles. The Balaban J connectivity index is 1.96. The molecule has 0 fully saturated rings. The monoisotopic (exact) mass is 424 g/mol. The standard InChI is InChI=1S/C23H7F3N6/c1-30-19(11-29)20-15-7-4-13(12-2-5-14(6-3-12)23(24,25)26)8-16(15)21-22(20)32-18(10-28)17(9-27)31-21/h2-8H. The Morgan fingerprint density at radius 2 is 1.44 bits per heavy atom. The summed E-state index contributed by atoms with van der Waals surface area (Å²) in [5.74, 6) is 0. The summed E-state index contributed by atoms with van der Waals surface area (Å²) in [5.41, 5.74) is 1.06. The lowest BCUT2D eigenvalue weighted by atomic mass is 9.97. The fourth-order valence-corrected chi connectivity index (χ4v) is 3.45. The second kappa shape index (κ2) is 7.36. The van der Waals surface area contributed by atoms with Crippen molar-refractivity contribution in [2.24, 2.45) is 0 Å². The van der Waals surface area contributed by atoms with Crippen LogP contribution in [-0.4, -0.2) is 9.97 Å². The molecule has 0 saturated heterocycles. The van der Waals surface area contributed by atoms with Gasteiger partial charge in [-0.05, 0) is 34.9 Å². The highest BCUT2D eigenvalue weighted by atomic mass is 19.4. The molecule has 0 bridgehead atoms. The quantitative estimate of drug-likeness (QED) is 0.313. The molecule has 0 radical (unpaired) electrons. The number of nitrogens with zero attached hydrogens (tertiary/aromatic N) is 6. The molecule has 1 aliphatic carbocycles. The molecule has 4 rings (SSSR count). The van der Waals surface area contributed by atoms with Crippen molar-refractivity contribution in [1.82, 2.24) is 9.97 Å². The van der Waals surface area contributed by atoms with Crippen molar-refractivity contribution in [3.8, 4) is 40.6 Å². The second-order valence-electron chi connectivity index (χ2n) is 6.62. The number of aromatic nitrogens is 2. The molecule has 0 spiro atoms. The maximum atomic E-state index is 12.9. The number of rotatable bonds is 1. The third-order valence-corrected chi connectivity index (χ3v) is 4.89. The summed E-state index contributed by atoms with van der Waals surface area (Å²) in [6.45, 7) is 7.32. The van der Waals surface area contributed by atoms with E-state index in [0.717, 1.165) is 12.1 Å². The Morgan fingerprint density at radius 3 is 1.97 bits per heavy atom. The van der Waals surface area contributed by atoms with E-state index < -0.39 is 11.7 Å². The number of hydrogen-bond donors (Lipinski definition) is 0. The summed E-state index contributed by atoms with van der Waals surface area (Å²) >= 11 is 0. The molecule has 0 atom stereocenters. The van der Waals surface area contributed by atoms with Gasteiger partial charge in [-0.15, -0.1) is 0 Å². The maximum Gasteiger partial charge on any atom is 0.416 e. The molecule has 0 N–H and O–H groups in total. The van der Waals surface area contributed by atoms with Crippen LogP contribution in [0.1, 0.15) is 28.2 Å². The van der Waals surface area contributed by atoms with Crippen LogP contribution in [0, 0.1) is 40.6 Å². The Labute approximate surface area is 179 Å². The highest BCUT2D eigenvalue weighted by Crippen LogP contribution is 2.45. The molecule has 6 nitrogen and oxygen atoms in total. The van der Waals surface area contributed by atoms with Crippen molar-refractivity contribution in [2.75, 3.05) is 0 Å². The average Bonchev–Trinajstić information content (AvgIpc) is 3.11. The molecule has 0 unspecified atom stereocenters. The normalized spacial score (nSPS) is 13.1. The lowest BCUT2D eigenvalue weighted by Gasteiger charge is -2.09. The van der Waals surface area contributed by atoms with Crippen LogP contribution in [0.3, 0.4) is 0 Å². The second-order valence-corrected chi connectivity index (χ2v) is 6.62. The number of halogens is 3. The number of alkyl halides is 3. The molecule has 32 heavy (non-hydrogen) atoms. The van der Waals surface area contributed by atoms with E-state index in [4.69, 9.17) is 6.57 Å². The van der Waals surface area contributed by atoms with Crippen LogP contribution in [0.25, 0.3) is 32.8 Å². The first-order valence-corrected chi connectivity index (χ1v) is 8.89. The van der Waals surface area contributed by atoms with E-state index in [9.17, 15) is 29.0 Å². The zero-order valence-corrected chi connectivity index (χ0v) is 15.9. The molecule has 0 saturated carbocycles. The van der Waals surface area contributed by atoms with E-state index in [1.165, 1.54) is 12.1 Å². The average molecular weight is 424 g/mol. The van der Waals surface area contributed by atoms with Gasteiger partial charge in [0.05, 0.1) is 29.6 Å². The first kappa shape index (κ1) is 20.3. The van der Waals surface area contributed by atoms with Crippen LogP contribution in [0.15, 0.2) is 48.2 Å². The first-order valence-electron chi connectivity index (χ1n) is 8.89. The van der Waals surface area contributed by atoms with Gasteiger partial charge in [-0.2, -0.15) is 23.7 Å². The Kier molecular flexibility index (Phi) is 4.67. The van der Waals surface area contributed by atoms with Crippen molar-refractivity contribution >= 4 is 5.57 Å². The number of allylic oxidation sites excluding steroid dienone is 1. The van der Waals surface area contributed by atoms with Crippen molar-refractivity contribution < 1.29 is 13.2 Å². The number of nitriles is 3. The van der Waals surface area contributed by atoms with Gasteiger partial charge in [0.25, 0.3) is 5.70 Å². The Morgan fingerprint density at radius 1 is 0.844 bits per heavy atom. The van der Waals surface area contributed by atoms with E-state index in [0.29, 0.717) is 22.3 Å². The third kappa shape index (κ3) is 3.12. The third-order valence-electron chi connectivity index (χ3n) is 4.89. The summed E-state index contributed by atoms with van der Waals surface area (Å²) in [7, 11) is 0. The van der Waals surface area contributed by atoms with E-state index >= 15 is 0 Å². The molecule has 150 valence electrons. The summed E-state index contributed by atoms with van der Waals surface area (Å²) in [6.07, 6.45) is -4.45. The first-order chi connectivity index (χ1) is 15.3. The molecule has 3 aromatic rings. The predicted molar refractivity (Wildman–Crippen MR) is 106 cm³/mol. The van der Waals surface area contributed by atoms with E-state index in [1.807, 2.05) is 6.07 Å². The molecule has 1 aliphatic rings. The fraction of sp³-hybridized carbons (Fsp3) is 0.0435. The zero-order valence-electron chi connectivity index (χ0n) is 15.9. The van der Waals surface area contributed by atoms with E-state index in [-0.39, 0.29) is 34.0 Å². The molecule has 9 heteroatoms. The lowest BCUT2D eigenvalue weighted by Crippen LogP contribution is -2.03. The van der Waals surface area contributed by atoms with E-state index in [1.54, 1.807) is 30.3 Å². The van der Waals surface area contributed by atoms with E-state index in [2.05, 4.69) is 14.8 Å². The minimum Gasteiger partial charge on any atom is -0.233 e. The Hall–Kier alpha value is -4.99. The summed E-state index contributed by atoms with van der Waals surface area (Å²) in [6, 6.07) is 14.9. The van der Waals surface area contributed by atoms with Crippen molar-refractivity contribution in [3.63, 3.8) is 0 Å². The van der Waals surface area contributed by atoms with Crippen LogP contribution in [0.2, 0.25) is 0 Å². The van der Waals surface area contributed by atoms with Crippen LogP contribution in [0.4, 0.5) is 13.2 Å². The molecule has 0 aliphatic heterocycles. The molecule has 1 heterocycles. The van der Waals surface area contributed by atoms with Crippen LogP contribution in [-0.2, 0) is 6.18 Å². The van der Waals surface area contributed by atoms with Crippen molar-refractivity contribution in [3.05, 3.63) is 87.8 Å². The summed E-state index contributed by atoms with van der Waals surface area (Å²) in [4.78, 5) is 11.6. The van der Waals surface area contributed by atoms with Gasteiger partial charge in [0, 0.05) is 11.1 Å². The minimum atomic E-state index is -4.45. The fourth-order valence-electron chi connectivity index (χ4n) is 3.45. The Bertz CT molecular complexity index is 1470. The van der Waals surface area contributed by atoms with Crippen LogP contribution < -0.4 is 0 Å². The number of benzene rings is 2. The zero-order chi connectivity index (χ0) is 23.0. The van der Waals surface area contributed by atoms with Gasteiger partial charge in [-0.1, -0.05) is 24.3 Å². The molecular formula is C23H7F3N6. The van der Waals surface area contributed by atoms with Crippen LogP contribution in [0.5, 0.6) is 0 Å². The van der Waals surface area contributed by atoms with Crippen molar-refractivity contribution in [2.45, 2.75) is 6.18 Å². The topological polar surface area (TPSA) is 102 Å². The van der Waals surface area contributed by atoms with Gasteiger partial charge in [0.15, 0.2) is 11.4 Å². The summed E-state index contributed by atoms with van der Waals surface area (Å²) in [5, 5.41) is 28.0. The lowest BCUT2D eigenvalue weighted by molar-refractivity contribution is -0.137. The smallest absolute Gasteiger partial charge is 0.233 e. The van der Waals surface area contributed by atoms with Gasteiger partial charge < -0.3 is 0 Å². The van der Waals surface area contributed by atoms with Gasteiger partial charge in [-0.3, -0.25) is 0 Å². The predicted octanol–water partition coefficient (Wildman–Crippen LogP) is 5.09. The number of hydrogen-bond acceptors (Lipinski definition) is 5. The molecule has 0 amide bonds. The minimum absolute atomic E-state index is 0.132. The van der Waals surface area contributed by atoms with Gasteiger partial charge >= 0.3 is 6.18 Å². The SMILES string of the molecule is [C-]#[N+]C(C#N)=C1c2ccc(-c3ccc(C(F)(F)F)cc3)cc2-c2nc(C#N)c(C#N)nc21.